The largest absolute Gasteiger partial charge is 0.454 e. The van der Waals surface area contributed by atoms with Gasteiger partial charge < -0.3 is 4.74 Å². The molecule has 20 heavy (non-hydrogen) atoms. The number of thiophene rings is 1. The molecule has 0 spiro atoms. The van der Waals surface area contributed by atoms with Gasteiger partial charge in [0, 0.05) is 4.90 Å². The molecule has 0 aliphatic rings. The number of hydrogen-bond donors (Lipinski definition) is 0. The molecule has 0 saturated heterocycles. The van der Waals surface area contributed by atoms with Crippen LogP contribution in [0.1, 0.15) is 20.0 Å². The molecular weight excluding hydrogens is 360 g/mol. The quantitative estimate of drug-likeness (QED) is 0.447. The number of thioether (sulfide) groups is 1. The van der Waals surface area contributed by atoms with Crippen LogP contribution in [0.25, 0.3) is 0 Å². The van der Waals surface area contributed by atoms with E-state index in [1.807, 2.05) is 18.4 Å². The highest BCUT2D eigenvalue weighted by molar-refractivity contribution is 9.11. The predicted molar refractivity (Wildman–Crippen MR) is 84.9 cm³/mol. The van der Waals surface area contributed by atoms with Crippen LogP contribution in [0.2, 0.25) is 0 Å². The number of hydrogen-bond acceptors (Lipinski definition) is 5. The molecule has 0 N–H and O–H groups in total. The second-order valence-corrected chi connectivity index (χ2v) is 7.11. The standard InChI is InChI=1S/C14H11BrO3S2/c1-19-11-5-3-2-4-9(11)14(17)18-8-10(16)12-6-7-13(15)20-12/h2-7H,8H2,1H3. The Labute approximate surface area is 133 Å². The van der Waals surface area contributed by atoms with Crippen LogP contribution in [0.3, 0.4) is 0 Å². The predicted octanol–water partition coefficient (Wildman–Crippen LogP) is 4.27. The Bertz CT molecular complexity index is 637. The van der Waals surface area contributed by atoms with Crippen LogP contribution in [-0.4, -0.2) is 24.6 Å². The van der Waals surface area contributed by atoms with Crippen molar-refractivity contribution in [2.75, 3.05) is 12.9 Å². The molecule has 1 heterocycles. The van der Waals surface area contributed by atoms with Crippen LogP contribution in [-0.2, 0) is 4.74 Å². The number of esters is 1. The number of benzene rings is 1. The Morgan fingerprint density at radius 1 is 1.25 bits per heavy atom. The van der Waals surface area contributed by atoms with Crippen molar-refractivity contribution >= 4 is 50.8 Å². The molecule has 0 amide bonds. The van der Waals surface area contributed by atoms with Crippen LogP contribution >= 0.6 is 39.0 Å². The minimum absolute atomic E-state index is 0.198. The third-order valence-corrected chi connectivity index (χ3v) is 4.97. The summed E-state index contributed by atoms with van der Waals surface area (Å²) in [5.41, 5.74) is 0.486. The van der Waals surface area contributed by atoms with E-state index in [0.717, 1.165) is 8.68 Å². The van der Waals surface area contributed by atoms with Gasteiger partial charge in [0.1, 0.15) is 0 Å². The van der Waals surface area contributed by atoms with Crippen LogP contribution in [0, 0.1) is 0 Å². The third kappa shape index (κ3) is 3.71. The fourth-order valence-electron chi connectivity index (χ4n) is 1.56. The van der Waals surface area contributed by atoms with Crippen molar-refractivity contribution in [2.24, 2.45) is 0 Å². The normalized spacial score (nSPS) is 10.3. The summed E-state index contributed by atoms with van der Waals surface area (Å²) in [6.07, 6.45) is 1.89. The minimum Gasteiger partial charge on any atom is -0.454 e. The molecular formula is C14H11BrO3S2. The summed E-state index contributed by atoms with van der Waals surface area (Å²) < 4.78 is 5.96. The van der Waals surface area contributed by atoms with E-state index in [0.29, 0.717) is 10.4 Å². The average Bonchev–Trinajstić information content (AvgIpc) is 2.91. The lowest BCUT2D eigenvalue weighted by Crippen LogP contribution is -2.14. The first kappa shape index (κ1) is 15.3. The first-order valence-electron chi connectivity index (χ1n) is 5.70. The van der Waals surface area contributed by atoms with Gasteiger partial charge in [-0.25, -0.2) is 4.79 Å². The van der Waals surface area contributed by atoms with E-state index in [2.05, 4.69) is 15.9 Å². The van der Waals surface area contributed by atoms with Gasteiger partial charge in [0.15, 0.2) is 6.61 Å². The topological polar surface area (TPSA) is 43.4 Å². The van der Waals surface area contributed by atoms with Gasteiger partial charge in [0.2, 0.25) is 5.78 Å². The minimum atomic E-state index is -0.473. The number of Topliss-reactive ketones (excluding diaryl/α,β-unsaturated/α-hetero) is 1. The molecule has 104 valence electrons. The SMILES string of the molecule is CSc1ccccc1C(=O)OCC(=O)c1ccc(Br)s1. The number of halogens is 1. The maximum Gasteiger partial charge on any atom is 0.339 e. The molecule has 0 bridgehead atoms. The average molecular weight is 371 g/mol. The highest BCUT2D eigenvalue weighted by Gasteiger charge is 2.15. The molecule has 0 atom stereocenters. The fourth-order valence-corrected chi connectivity index (χ4v) is 3.45. The van der Waals surface area contributed by atoms with E-state index in [4.69, 9.17) is 4.74 Å². The molecule has 0 radical (unpaired) electrons. The van der Waals surface area contributed by atoms with Crippen molar-refractivity contribution in [1.82, 2.24) is 0 Å². The van der Waals surface area contributed by atoms with Crippen LogP contribution in [0.5, 0.6) is 0 Å². The molecule has 1 aromatic carbocycles. The number of ether oxygens (including phenoxy) is 1. The summed E-state index contributed by atoms with van der Waals surface area (Å²) in [7, 11) is 0. The van der Waals surface area contributed by atoms with Gasteiger partial charge >= 0.3 is 5.97 Å². The summed E-state index contributed by atoms with van der Waals surface area (Å²) >= 11 is 6.08. The van der Waals surface area contributed by atoms with Crippen molar-refractivity contribution in [1.29, 1.82) is 0 Å². The highest BCUT2D eigenvalue weighted by Crippen LogP contribution is 2.23. The second-order valence-electron chi connectivity index (χ2n) is 3.80. The molecule has 0 unspecified atom stereocenters. The summed E-state index contributed by atoms with van der Waals surface area (Å²) in [5, 5.41) is 0. The summed E-state index contributed by atoms with van der Waals surface area (Å²) in [4.78, 5) is 25.2. The Kier molecular flexibility index (Phi) is 5.39. The van der Waals surface area contributed by atoms with Crippen molar-refractivity contribution in [3.05, 3.63) is 50.6 Å². The monoisotopic (exact) mass is 370 g/mol. The van der Waals surface area contributed by atoms with Gasteiger partial charge in [-0.3, -0.25) is 4.79 Å². The van der Waals surface area contributed by atoms with E-state index >= 15 is 0 Å². The zero-order valence-corrected chi connectivity index (χ0v) is 13.8. The van der Waals surface area contributed by atoms with Gasteiger partial charge in [0.25, 0.3) is 0 Å². The summed E-state index contributed by atoms with van der Waals surface area (Å²) in [6, 6.07) is 10.7. The lowest BCUT2D eigenvalue weighted by Gasteiger charge is -2.06. The Morgan fingerprint density at radius 3 is 2.65 bits per heavy atom. The smallest absolute Gasteiger partial charge is 0.339 e. The molecule has 0 fully saturated rings. The van der Waals surface area contributed by atoms with E-state index in [9.17, 15) is 9.59 Å². The Balaban J connectivity index is 2.00. The molecule has 2 rings (SSSR count). The zero-order valence-electron chi connectivity index (χ0n) is 10.6. The molecule has 1 aromatic heterocycles. The number of carbonyl (C=O) groups excluding carboxylic acids is 2. The molecule has 6 heteroatoms. The summed E-state index contributed by atoms with van der Waals surface area (Å²) in [5.74, 6) is -0.672. The van der Waals surface area contributed by atoms with Crippen LogP contribution in [0.4, 0.5) is 0 Å². The number of ketones is 1. The molecule has 0 saturated carbocycles. The van der Waals surface area contributed by atoms with Crippen LogP contribution in [0.15, 0.2) is 45.1 Å². The second kappa shape index (κ2) is 7.06. The van der Waals surface area contributed by atoms with Gasteiger partial charge in [-0.2, -0.15) is 0 Å². The van der Waals surface area contributed by atoms with Gasteiger partial charge in [0.05, 0.1) is 14.2 Å². The van der Waals surface area contributed by atoms with Gasteiger partial charge in [-0.1, -0.05) is 12.1 Å². The van der Waals surface area contributed by atoms with E-state index < -0.39 is 5.97 Å². The van der Waals surface area contributed by atoms with Crippen molar-refractivity contribution < 1.29 is 14.3 Å². The van der Waals surface area contributed by atoms with Gasteiger partial charge in [-0.05, 0) is 46.5 Å². The Morgan fingerprint density at radius 2 is 2.00 bits per heavy atom. The van der Waals surface area contributed by atoms with E-state index in [-0.39, 0.29) is 12.4 Å². The van der Waals surface area contributed by atoms with E-state index in [1.165, 1.54) is 23.1 Å². The number of carbonyl (C=O) groups is 2. The molecule has 0 aliphatic carbocycles. The van der Waals surface area contributed by atoms with Gasteiger partial charge in [-0.15, -0.1) is 23.1 Å². The lowest BCUT2D eigenvalue weighted by molar-refractivity contribution is 0.0472. The lowest BCUT2D eigenvalue weighted by atomic mass is 10.2. The third-order valence-electron chi connectivity index (χ3n) is 2.51. The Hall–Kier alpha value is -1.11. The maximum absolute atomic E-state index is 12.0. The maximum atomic E-state index is 12.0. The zero-order chi connectivity index (χ0) is 14.5. The highest BCUT2D eigenvalue weighted by atomic mass is 79.9. The number of rotatable bonds is 5. The molecule has 0 aliphatic heterocycles. The fraction of sp³-hybridized carbons (Fsp3) is 0.143. The first-order chi connectivity index (χ1) is 9.61. The van der Waals surface area contributed by atoms with Crippen molar-refractivity contribution in [3.8, 4) is 0 Å². The first-order valence-corrected chi connectivity index (χ1v) is 8.54. The van der Waals surface area contributed by atoms with E-state index in [1.54, 1.807) is 24.3 Å². The van der Waals surface area contributed by atoms with Crippen molar-refractivity contribution in [3.63, 3.8) is 0 Å². The van der Waals surface area contributed by atoms with Crippen LogP contribution < -0.4 is 0 Å². The van der Waals surface area contributed by atoms with Crippen molar-refractivity contribution in [2.45, 2.75) is 4.90 Å². The molecule has 3 nitrogen and oxygen atoms in total. The molecule has 2 aromatic rings. The summed E-state index contributed by atoms with van der Waals surface area (Å²) in [6.45, 7) is -0.242.